The van der Waals surface area contributed by atoms with Crippen molar-refractivity contribution in [3.63, 3.8) is 0 Å². The maximum atomic E-state index is 12.6. The van der Waals surface area contributed by atoms with E-state index in [9.17, 15) is 4.79 Å². The number of nitrogens with two attached hydrogens (primary N) is 1. The molecule has 2 N–H and O–H groups in total. The zero-order chi connectivity index (χ0) is 18.1. The number of hydrogen-bond donors (Lipinski definition) is 1. The first-order chi connectivity index (χ1) is 12.7. The average molecular weight is 349 g/mol. The number of ketones is 1. The number of hydrogen-bond acceptors (Lipinski definition) is 4. The quantitative estimate of drug-likeness (QED) is 0.564. The van der Waals surface area contributed by atoms with Crippen LogP contribution in [0.2, 0.25) is 0 Å². The molecule has 0 aliphatic carbocycles. The van der Waals surface area contributed by atoms with E-state index >= 15 is 0 Å². The van der Waals surface area contributed by atoms with Crippen molar-refractivity contribution in [3.05, 3.63) is 65.8 Å². The van der Waals surface area contributed by atoms with Crippen molar-refractivity contribution in [1.82, 2.24) is 9.58 Å². The highest BCUT2D eigenvalue weighted by Crippen LogP contribution is 2.31. The SMILES string of the molecule is CCCN1CC=C(c2cn(N)c3ccc(C(=O)c4ccoc4)cc23)CC1. The standard InChI is InChI=1S/C21H23N3O2/c1-2-8-23-9-5-15(6-10-23)19-13-24(22)20-4-3-16(12-18(19)20)21(25)17-7-11-26-14-17/h3-5,7,11-14H,2,6,8-10,22H2,1H3. The molecule has 0 fully saturated rings. The Morgan fingerprint density at radius 1 is 1.27 bits per heavy atom. The lowest BCUT2D eigenvalue weighted by Crippen LogP contribution is -2.29. The molecule has 0 amide bonds. The summed E-state index contributed by atoms with van der Waals surface area (Å²) in [6, 6.07) is 7.37. The van der Waals surface area contributed by atoms with Gasteiger partial charge in [0.15, 0.2) is 5.78 Å². The molecule has 0 saturated carbocycles. The number of nitrogens with zero attached hydrogens (tertiary/aromatic N) is 2. The Morgan fingerprint density at radius 2 is 2.15 bits per heavy atom. The fourth-order valence-electron chi connectivity index (χ4n) is 3.69. The van der Waals surface area contributed by atoms with Crippen molar-refractivity contribution in [1.29, 1.82) is 0 Å². The third kappa shape index (κ3) is 2.95. The number of carbonyl (C=O) groups excluding carboxylic acids is 1. The Bertz CT molecular complexity index is 967. The second-order valence-corrected chi connectivity index (χ2v) is 6.80. The monoisotopic (exact) mass is 349 g/mol. The minimum absolute atomic E-state index is 0.0388. The molecule has 4 rings (SSSR count). The summed E-state index contributed by atoms with van der Waals surface area (Å²) in [6.07, 6.45) is 9.43. The van der Waals surface area contributed by atoms with Crippen molar-refractivity contribution in [3.8, 4) is 0 Å². The van der Waals surface area contributed by atoms with Crippen molar-refractivity contribution < 1.29 is 9.21 Å². The number of carbonyl (C=O) groups is 1. The Balaban J connectivity index is 1.72. The Morgan fingerprint density at radius 3 is 2.85 bits per heavy atom. The lowest BCUT2D eigenvalue weighted by atomic mass is 9.96. The molecular formula is C21H23N3O2. The minimum atomic E-state index is -0.0388. The molecule has 5 nitrogen and oxygen atoms in total. The Kier molecular flexibility index (Phi) is 4.39. The highest BCUT2D eigenvalue weighted by molar-refractivity contribution is 6.11. The van der Waals surface area contributed by atoms with Gasteiger partial charge in [0.1, 0.15) is 6.26 Å². The van der Waals surface area contributed by atoms with Gasteiger partial charge >= 0.3 is 0 Å². The molecule has 0 spiro atoms. The predicted molar refractivity (Wildman–Crippen MR) is 104 cm³/mol. The van der Waals surface area contributed by atoms with E-state index in [1.165, 1.54) is 24.5 Å². The second kappa shape index (κ2) is 6.84. The summed E-state index contributed by atoms with van der Waals surface area (Å²) in [5.41, 5.74) is 4.57. The van der Waals surface area contributed by atoms with Gasteiger partial charge in [-0.15, -0.1) is 0 Å². The molecule has 0 radical (unpaired) electrons. The number of rotatable bonds is 5. The van der Waals surface area contributed by atoms with Crippen molar-refractivity contribution >= 4 is 22.3 Å². The van der Waals surface area contributed by atoms with Gasteiger partial charge in [0, 0.05) is 35.8 Å². The maximum Gasteiger partial charge on any atom is 0.196 e. The zero-order valence-electron chi connectivity index (χ0n) is 14.9. The highest BCUT2D eigenvalue weighted by Gasteiger charge is 2.18. The molecule has 0 saturated heterocycles. The topological polar surface area (TPSA) is 64.4 Å². The third-order valence-electron chi connectivity index (χ3n) is 5.06. The van der Waals surface area contributed by atoms with E-state index in [0.717, 1.165) is 42.5 Å². The van der Waals surface area contributed by atoms with Crippen LogP contribution in [0.1, 0.15) is 41.3 Å². The van der Waals surface area contributed by atoms with Crippen LogP contribution in [0.15, 0.2) is 53.5 Å². The molecule has 134 valence electrons. The lowest BCUT2D eigenvalue weighted by molar-refractivity contribution is 0.103. The average Bonchev–Trinajstić information content (AvgIpc) is 3.30. The zero-order valence-corrected chi connectivity index (χ0v) is 14.9. The first kappa shape index (κ1) is 16.7. The molecule has 1 aliphatic rings. The van der Waals surface area contributed by atoms with E-state index in [4.69, 9.17) is 10.3 Å². The van der Waals surface area contributed by atoms with Crippen molar-refractivity contribution in [2.24, 2.45) is 0 Å². The summed E-state index contributed by atoms with van der Waals surface area (Å²) in [4.78, 5) is 15.1. The van der Waals surface area contributed by atoms with Gasteiger partial charge in [0.25, 0.3) is 0 Å². The van der Waals surface area contributed by atoms with Crippen LogP contribution in [-0.4, -0.2) is 35.0 Å². The van der Waals surface area contributed by atoms with Gasteiger partial charge in [0.05, 0.1) is 17.3 Å². The van der Waals surface area contributed by atoms with E-state index in [-0.39, 0.29) is 5.78 Å². The van der Waals surface area contributed by atoms with Gasteiger partial charge < -0.3 is 10.3 Å². The number of fused-ring (bicyclic) bond motifs is 1. The third-order valence-corrected chi connectivity index (χ3v) is 5.06. The van der Waals surface area contributed by atoms with E-state index in [2.05, 4.69) is 17.9 Å². The van der Waals surface area contributed by atoms with Crippen molar-refractivity contribution in [2.45, 2.75) is 19.8 Å². The molecule has 1 aromatic carbocycles. The second-order valence-electron chi connectivity index (χ2n) is 6.80. The van der Waals surface area contributed by atoms with Gasteiger partial charge in [-0.3, -0.25) is 14.4 Å². The Labute approximate surface area is 152 Å². The summed E-state index contributed by atoms with van der Waals surface area (Å²) in [5, 5.41) is 1.03. The van der Waals surface area contributed by atoms with E-state index in [1.54, 1.807) is 10.7 Å². The van der Waals surface area contributed by atoms with E-state index in [1.807, 2.05) is 24.4 Å². The van der Waals surface area contributed by atoms with Crippen LogP contribution in [0.5, 0.6) is 0 Å². The molecule has 26 heavy (non-hydrogen) atoms. The largest absolute Gasteiger partial charge is 0.472 e. The molecule has 1 aliphatic heterocycles. The van der Waals surface area contributed by atoms with E-state index in [0.29, 0.717) is 11.1 Å². The number of nitrogen functional groups attached to an aromatic ring is 1. The molecular weight excluding hydrogens is 326 g/mol. The highest BCUT2D eigenvalue weighted by atomic mass is 16.3. The van der Waals surface area contributed by atoms with Crippen LogP contribution in [0.3, 0.4) is 0 Å². The first-order valence-electron chi connectivity index (χ1n) is 9.06. The minimum Gasteiger partial charge on any atom is -0.472 e. The van der Waals surface area contributed by atoms with Crippen LogP contribution in [0.4, 0.5) is 0 Å². The maximum absolute atomic E-state index is 12.6. The Hall–Kier alpha value is -2.79. The smallest absolute Gasteiger partial charge is 0.196 e. The predicted octanol–water partition coefficient (Wildman–Crippen LogP) is 3.68. The number of aromatic nitrogens is 1. The normalized spacial score (nSPS) is 15.3. The summed E-state index contributed by atoms with van der Waals surface area (Å²) < 4.78 is 6.69. The molecule has 3 heterocycles. The summed E-state index contributed by atoms with van der Waals surface area (Å²) in [5.74, 6) is 6.12. The number of furan rings is 1. The molecule has 5 heteroatoms. The van der Waals surface area contributed by atoms with Gasteiger partial charge in [-0.05, 0) is 49.2 Å². The molecule has 2 aromatic heterocycles. The van der Waals surface area contributed by atoms with Crippen LogP contribution in [0.25, 0.3) is 16.5 Å². The summed E-state index contributed by atoms with van der Waals surface area (Å²) >= 11 is 0. The van der Waals surface area contributed by atoms with Crippen LogP contribution >= 0.6 is 0 Å². The van der Waals surface area contributed by atoms with Crippen LogP contribution in [-0.2, 0) is 0 Å². The van der Waals surface area contributed by atoms with Crippen LogP contribution in [0, 0.1) is 0 Å². The van der Waals surface area contributed by atoms with Gasteiger partial charge in [-0.2, -0.15) is 0 Å². The molecule has 3 aromatic rings. The first-order valence-corrected chi connectivity index (χ1v) is 9.06. The molecule has 0 bridgehead atoms. The van der Waals surface area contributed by atoms with Gasteiger partial charge in [-0.25, -0.2) is 0 Å². The van der Waals surface area contributed by atoms with Crippen LogP contribution < -0.4 is 5.84 Å². The van der Waals surface area contributed by atoms with Gasteiger partial charge in [0.2, 0.25) is 0 Å². The number of benzene rings is 1. The van der Waals surface area contributed by atoms with Crippen molar-refractivity contribution in [2.75, 3.05) is 25.5 Å². The summed E-state index contributed by atoms with van der Waals surface area (Å²) in [7, 11) is 0. The fourth-order valence-corrected chi connectivity index (χ4v) is 3.69. The molecule has 0 atom stereocenters. The van der Waals surface area contributed by atoms with E-state index < -0.39 is 0 Å². The lowest BCUT2D eigenvalue weighted by Gasteiger charge is -2.25. The molecule has 0 unspecified atom stereocenters. The fraction of sp³-hybridized carbons (Fsp3) is 0.286. The summed E-state index contributed by atoms with van der Waals surface area (Å²) in [6.45, 7) is 5.37. The van der Waals surface area contributed by atoms with Gasteiger partial charge in [-0.1, -0.05) is 13.0 Å².